The van der Waals surface area contributed by atoms with Crippen molar-refractivity contribution in [2.45, 2.75) is 31.7 Å². The maximum Gasteiger partial charge on any atom is 0.340 e. The summed E-state index contributed by atoms with van der Waals surface area (Å²) < 4.78 is 0. The Labute approximate surface area is 121 Å². The van der Waals surface area contributed by atoms with Crippen molar-refractivity contribution in [2.24, 2.45) is 0 Å². The summed E-state index contributed by atoms with van der Waals surface area (Å²) >= 11 is 0. The zero-order chi connectivity index (χ0) is 14.7. The minimum Gasteiger partial charge on any atom is -0.335 e. The van der Waals surface area contributed by atoms with Crippen molar-refractivity contribution >= 4 is 5.91 Å². The molecule has 0 radical (unpaired) electrons. The Hall–Kier alpha value is -2.44. The van der Waals surface area contributed by atoms with E-state index in [2.05, 4.69) is 20.2 Å². The van der Waals surface area contributed by atoms with Crippen LogP contribution in [0, 0.1) is 0 Å². The molecule has 0 spiro atoms. The van der Waals surface area contributed by atoms with E-state index in [1.807, 2.05) is 23.2 Å². The minimum absolute atomic E-state index is 0.0219. The van der Waals surface area contributed by atoms with Crippen LogP contribution < -0.4 is 5.69 Å². The monoisotopic (exact) mass is 287 g/mol. The Morgan fingerprint density at radius 3 is 3.05 bits per heavy atom. The summed E-state index contributed by atoms with van der Waals surface area (Å²) in [6.07, 6.45) is 6.69. The van der Waals surface area contributed by atoms with Crippen molar-refractivity contribution in [1.29, 1.82) is 0 Å². The van der Waals surface area contributed by atoms with Crippen molar-refractivity contribution in [2.75, 3.05) is 6.54 Å². The van der Waals surface area contributed by atoms with Gasteiger partial charge in [0.15, 0.2) is 0 Å². The number of rotatable bonds is 3. The molecule has 2 N–H and O–H groups in total. The predicted molar refractivity (Wildman–Crippen MR) is 75.5 cm³/mol. The molecule has 1 saturated heterocycles. The lowest BCUT2D eigenvalue weighted by molar-refractivity contribution is -0.134. The summed E-state index contributed by atoms with van der Waals surface area (Å²) in [5.74, 6) is 0.354. The molecule has 1 fully saturated rings. The van der Waals surface area contributed by atoms with Crippen LogP contribution in [-0.2, 0) is 11.2 Å². The van der Waals surface area contributed by atoms with E-state index in [1.165, 1.54) is 0 Å². The van der Waals surface area contributed by atoms with Gasteiger partial charge < -0.3 is 4.90 Å². The molecule has 0 saturated carbocycles. The predicted octanol–water partition coefficient (Wildman–Crippen LogP) is 0.789. The van der Waals surface area contributed by atoms with Gasteiger partial charge in [-0.25, -0.2) is 9.89 Å². The summed E-state index contributed by atoms with van der Waals surface area (Å²) in [5, 5.41) is 6.07. The highest BCUT2D eigenvalue weighted by Crippen LogP contribution is 2.30. The largest absolute Gasteiger partial charge is 0.340 e. The number of pyridine rings is 1. The van der Waals surface area contributed by atoms with Gasteiger partial charge in [-0.2, -0.15) is 5.10 Å². The van der Waals surface area contributed by atoms with E-state index in [4.69, 9.17) is 0 Å². The third kappa shape index (κ3) is 3.01. The number of nitrogens with one attached hydrogen (secondary N) is 2. The number of aromatic nitrogens is 4. The molecule has 0 unspecified atom stereocenters. The van der Waals surface area contributed by atoms with Gasteiger partial charge in [0.2, 0.25) is 5.91 Å². The lowest BCUT2D eigenvalue weighted by Crippen LogP contribution is -2.39. The molecule has 0 aliphatic carbocycles. The van der Waals surface area contributed by atoms with Crippen LogP contribution in [0.5, 0.6) is 0 Å². The van der Waals surface area contributed by atoms with Crippen LogP contribution >= 0.6 is 0 Å². The van der Waals surface area contributed by atoms with Gasteiger partial charge in [0.1, 0.15) is 5.82 Å². The van der Waals surface area contributed by atoms with Crippen LogP contribution in [0.25, 0.3) is 0 Å². The number of H-pyrrole nitrogens is 2. The standard InChI is InChI=1S/C14H17N5O2/c20-13(8-12-16-14(21)18-17-12)19-7-2-1-5-11(19)10-4-3-6-15-9-10/h3-4,6,9,11H,1-2,5,7-8H2,(H2,16,17,18,21)/t11-/m0/s1. The van der Waals surface area contributed by atoms with E-state index < -0.39 is 0 Å². The number of amides is 1. The van der Waals surface area contributed by atoms with Gasteiger partial charge in [-0.1, -0.05) is 6.07 Å². The van der Waals surface area contributed by atoms with Gasteiger partial charge in [0.05, 0.1) is 12.5 Å². The van der Waals surface area contributed by atoms with Crippen LogP contribution in [0.4, 0.5) is 0 Å². The van der Waals surface area contributed by atoms with Crippen molar-refractivity contribution in [3.05, 3.63) is 46.4 Å². The summed E-state index contributed by atoms with van der Waals surface area (Å²) in [4.78, 5) is 32.0. The fourth-order valence-electron chi connectivity index (χ4n) is 2.78. The Kier molecular flexibility index (Phi) is 3.81. The lowest BCUT2D eigenvalue weighted by atomic mass is 9.96. The smallest absolute Gasteiger partial charge is 0.335 e. The molecule has 2 aromatic heterocycles. The SMILES string of the molecule is O=C(Cc1n[nH]c(=O)[nH]1)N1CCCC[C@H]1c1cccnc1. The number of carbonyl (C=O) groups is 1. The quantitative estimate of drug-likeness (QED) is 0.872. The normalized spacial score (nSPS) is 18.7. The van der Waals surface area contributed by atoms with Crippen LogP contribution in [0.3, 0.4) is 0 Å². The van der Waals surface area contributed by atoms with E-state index in [0.717, 1.165) is 31.4 Å². The fourth-order valence-corrected chi connectivity index (χ4v) is 2.78. The number of nitrogens with zero attached hydrogens (tertiary/aromatic N) is 3. The minimum atomic E-state index is -0.389. The molecule has 0 bridgehead atoms. The van der Waals surface area contributed by atoms with Crippen LogP contribution in [0.15, 0.2) is 29.3 Å². The first-order valence-corrected chi connectivity index (χ1v) is 7.07. The second kappa shape index (κ2) is 5.90. The van der Waals surface area contributed by atoms with Crippen molar-refractivity contribution in [3.8, 4) is 0 Å². The van der Waals surface area contributed by atoms with Gasteiger partial charge in [-0.15, -0.1) is 0 Å². The second-order valence-corrected chi connectivity index (χ2v) is 5.19. The molecule has 1 aliphatic heterocycles. The molecule has 3 rings (SSSR count). The van der Waals surface area contributed by atoms with E-state index >= 15 is 0 Å². The fraction of sp³-hybridized carbons (Fsp3) is 0.429. The number of hydrogen-bond donors (Lipinski definition) is 2. The van der Waals surface area contributed by atoms with E-state index in [-0.39, 0.29) is 24.1 Å². The molecule has 110 valence electrons. The molecule has 7 heteroatoms. The number of likely N-dealkylation sites (tertiary alicyclic amines) is 1. The number of aromatic amines is 2. The molecule has 1 amide bonds. The number of carbonyl (C=O) groups excluding carboxylic acids is 1. The topological polar surface area (TPSA) is 94.7 Å². The number of piperidine rings is 1. The lowest BCUT2D eigenvalue weighted by Gasteiger charge is -2.35. The van der Waals surface area contributed by atoms with Crippen LogP contribution in [0.1, 0.15) is 36.7 Å². The average Bonchev–Trinajstić information content (AvgIpc) is 2.93. The Morgan fingerprint density at radius 2 is 2.33 bits per heavy atom. The molecule has 3 heterocycles. The highest BCUT2D eigenvalue weighted by molar-refractivity contribution is 5.78. The second-order valence-electron chi connectivity index (χ2n) is 5.19. The van der Waals surface area contributed by atoms with E-state index in [0.29, 0.717) is 5.82 Å². The maximum absolute atomic E-state index is 12.5. The molecule has 1 atom stereocenters. The first-order chi connectivity index (χ1) is 10.2. The highest BCUT2D eigenvalue weighted by Gasteiger charge is 2.28. The first kappa shape index (κ1) is 13.5. The van der Waals surface area contributed by atoms with Gasteiger partial charge in [-0.05, 0) is 30.9 Å². The maximum atomic E-state index is 12.5. The first-order valence-electron chi connectivity index (χ1n) is 7.07. The average molecular weight is 287 g/mol. The third-order valence-electron chi connectivity index (χ3n) is 3.76. The zero-order valence-electron chi connectivity index (χ0n) is 11.6. The molecule has 21 heavy (non-hydrogen) atoms. The van der Waals surface area contributed by atoms with E-state index in [9.17, 15) is 9.59 Å². The molecule has 2 aromatic rings. The number of hydrogen-bond acceptors (Lipinski definition) is 4. The van der Waals surface area contributed by atoms with Crippen LogP contribution in [-0.4, -0.2) is 37.5 Å². The summed E-state index contributed by atoms with van der Waals surface area (Å²) in [5.41, 5.74) is 0.668. The van der Waals surface area contributed by atoms with Gasteiger partial charge in [0, 0.05) is 18.9 Å². The highest BCUT2D eigenvalue weighted by atomic mass is 16.2. The van der Waals surface area contributed by atoms with E-state index in [1.54, 1.807) is 6.20 Å². The van der Waals surface area contributed by atoms with Gasteiger partial charge in [-0.3, -0.25) is 14.8 Å². The van der Waals surface area contributed by atoms with Crippen molar-refractivity contribution in [1.82, 2.24) is 25.1 Å². The molecular weight excluding hydrogens is 270 g/mol. The van der Waals surface area contributed by atoms with Crippen molar-refractivity contribution in [3.63, 3.8) is 0 Å². The van der Waals surface area contributed by atoms with Crippen molar-refractivity contribution < 1.29 is 4.79 Å². The summed E-state index contributed by atoms with van der Waals surface area (Å²) in [6, 6.07) is 3.95. The van der Waals surface area contributed by atoms with Gasteiger partial charge >= 0.3 is 5.69 Å². The Bertz CT molecular complexity index is 663. The Morgan fingerprint density at radius 1 is 1.43 bits per heavy atom. The molecule has 0 aromatic carbocycles. The zero-order valence-corrected chi connectivity index (χ0v) is 11.6. The Balaban J connectivity index is 1.77. The third-order valence-corrected chi connectivity index (χ3v) is 3.76. The van der Waals surface area contributed by atoms with Crippen LogP contribution in [0.2, 0.25) is 0 Å². The molecular formula is C14H17N5O2. The summed E-state index contributed by atoms with van der Waals surface area (Å²) in [6.45, 7) is 0.729. The molecule has 1 aliphatic rings. The molecule has 7 nitrogen and oxygen atoms in total. The summed E-state index contributed by atoms with van der Waals surface area (Å²) in [7, 11) is 0. The van der Waals surface area contributed by atoms with Gasteiger partial charge in [0.25, 0.3) is 0 Å².